The van der Waals surface area contributed by atoms with Crippen LogP contribution in [-0.4, -0.2) is 52.0 Å². The largest absolute Gasteiger partial charge is 0.493 e. The molecule has 0 bridgehead atoms. The van der Waals surface area contributed by atoms with Crippen LogP contribution in [0.5, 0.6) is 11.5 Å². The van der Waals surface area contributed by atoms with Crippen LogP contribution < -0.4 is 14.8 Å². The van der Waals surface area contributed by atoms with Crippen LogP contribution >= 0.6 is 0 Å². The molecule has 1 N–H and O–H groups in total. The molecule has 1 unspecified atom stereocenters. The van der Waals surface area contributed by atoms with Crippen molar-refractivity contribution in [2.75, 3.05) is 27.3 Å². The Bertz CT molecular complexity index is 727. The zero-order valence-electron chi connectivity index (χ0n) is 15.8. The fourth-order valence-corrected chi connectivity index (χ4v) is 4.43. The van der Waals surface area contributed by atoms with E-state index in [-0.39, 0.29) is 22.8 Å². The van der Waals surface area contributed by atoms with Crippen molar-refractivity contribution in [3.05, 3.63) is 18.2 Å². The molecule has 0 radical (unpaired) electrons. The third-order valence-electron chi connectivity index (χ3n) is 4.82. The standard InChI is InChI=1S/C18H28N2O5S/c1-5-13(2)19-18(21)14-8-10-20(11-9-14)26(22,23)15-6-7-16(24-3)17(12-15)25-4/h6-7,12-14H,5,8-11H2,1-4H3,(H,19,21). The van der Waals surface area contributed by atoms with E-state index >= 15 is 0 Å². The van der Waals surface area contributed by atoms with Crippen molar-refractivity contribution in [2.45, 2.75) is 44.0 Å². The van der Waals surface area contributed by atoms with Crippen molar-refractivity contribution >= 4 is 15.9 Å². The van der Waals surface area contributed by atoms with Gasteiger partial charge in [-0.1, -0.05) is 6.92 Å². The number of amides is 1. The van der Waals surface area contributed by atoms with Crippen molar-refractivity contribution in [2.24, 2.45) is 5.92 Å². The lowest BCUT2D eigenvalue weighted by molar-refractivity contribution is -0.126. The van der Waals surface area contributed by atoms with Crippen LogP contribution in [0.25, 0.3) is 0 Å². The zero-order chi connectivity index (χ0) is 19.3. The maximum Gasteiger partial charge on any atom is 0.243 e. The van der Waals surface area contributed by atoms with E-state index in [1.165, 1.54) is 30.7 Å². The first-order valence-corrected chi connectivity index (χ1v) is 10.3. The predicted octanol–water partition coefficient (Wildman–Crippen LogP) is 2.02. The summed E-state index contributed by atoms with van der Waals surface area (Å²) < 4.78 is 37.5. The fraction of sp³-hybridized carbons (Fsp3) is 0.611. The van der Waals surface area contributed by atoms with Gasteiger partial charge in [0.05, 0.1) is 19.1 Å². The van der Waals surface area contributed by atoms with Gasteiger partial charge in [0.15, 0.2) is 11.5 Å². The number of sulfonamides is 1. The van der Waals surface area contributed by atoms with Gasteiger partial charge in [-0.25, -0.2) is 8.42 Å². The minimum Gasteiger partial charge on any atom is -0.493 e. The van der Waals surface area contributed by atoms with Crippen LogP contribution in [0.3, 0.4) is 0 Å². The topological polar surface area (TPSA) is 84.9 Å². The van der Waals surface area contributed by atoms with Crippen LogP contribution in [0.2, 0.25) is 0 Å². The number of methoxy groups -OCH3 is 2. The van der Waals surface area contributed by atoms with Gasteiger partial charge in [-0.15, -0.1) is 0 Å². The Morgan fingerprint density at radius 1 is 1.23 bits per heavy atom. The molecule has 0 aliphatic carbocycles. The second kappa shape index (κ2) is 8.73. The number of nitrogens with one attached hydrogen (secondary N) is 1. The molecule has 1 aromatic carbocycles. The number of benzene rings is 1. The molecule has 1 heterocycles. The first kappa shape index (κ1) is 20.5. The van der Waals surface area contributed by atoms with Crippen LogP contribution in [-0.2, 0) is 14.8 Å². The number of hydrogen-bond acceptors (Lipinski definition) is 5. The van der Waals surface area contributed by atoms with Crippen LogP contribution in [0.1, 0.15) is 33.1 Å². The molecule has 0 saturated carbocycles. The molecule has 8 heteroatoms. The molecular formula is C18H28N2O5S. The lowest BCUT2D eigenvalue weighted by atomic mass is 9.97. The lowest BCUT2D eigenvalue weighted by Gasteiger charge is -2.31. The summed E-state index contributed by atoms with van der Waals surface area (Å²) in [7, 11) is -0.661. The summed E-state index contributed by atoms with van der Waals surface area (Å²) >= 11 is 0. The Morgan fingerprint density at radius 2 is 1.85 bits per heavy atom. The van der Waals surface area contributed by atoms with E-state index in [1.807, 2.05) is 13.8 Å². The Morgan fingerprint density at radius 3 is 2.38 bits per heavy atom. The Hall–Kier alpha value is -1.80. The average Bonchev–Trinajstić information content (AvgIpc) is 2.67. The number of hydrogen-bond donors (Lipinski definition) is 1. The third-order valence-corrected chi connectivity index (χ3v) is 6.71. The number of piperidine rings is 1. The zero-order valence-corrected chi connectivity index (χ0v) is 16.6. The summed E-state index contributed by atoms with van der Waals surface area (Å²) in [5.41, 5.74) is 0. The van der Waals surface area contributed by atoms with Crippen molar-refractivity contribution in [3.8, 4) is 11.5 Å². The number of nitrogens with zero attached hydrogens (tertiary/aromatic N) is 1. The van der Waals surface area contributed by atoms with Gasteiger partial charge in [0.25, 0.3) is 0 Å². The molecule has 146 valence electrons. The van der Waals surface area contributed by atoms with E-state index in [0.29, 0.717) is 37.4 Å². The summed E-state index contributed by atoms with van der Waals surface area (Å²) in [4.78, 5) is 12.4. The number of ether oxygens (including phenoxy) is 2. The summed E-state index contributed by atoms with van der Waals surface area (Å²) in [5.74, 6) is 0.728. The maximum absolute atomic E-state index is 12.9. The highest BCUT2D eigenvalue weighted by atomic mass is 32.2. The van der Waals surface area contributed by atoms with Gasteiger partial charge in [-0.05, 0) is 38.3 Å². The van der Waals surface area contributed by atoms with Gasteiger partial charge in [-0.3, -0.25) is 4.79 Å². The molecule has 1 aliphatic rings. The van der Waals surface area contributed by atoms with E-state index < -0.39 is 10.0 Å². The normalized spacial score (nSPS) is 17.5. The molecule has 0 spiro atoms. The van der Waals surface area contributed by atoms with Gasteiger partial charge in [0.1, 0.15) is 0 Å². The fourth-order valence-electron chi connectivity index (χ4n) is 2.95. The Balaban J connectivity index is 2.07. The van der Waals surface area contributed by atoms with E-state index in [0.717, 1.165) is 6.42 Å². The molecule has 26 heavy (non-hydrogen) atoms. The van der Waals surface area contributed by atoms with E-state index in [2.05, 4.69) is 5.32 Å². The number of rotatable bonds is 7. The number of carbonyl (C=O) groups is 1. The van der Waals surface area contributed by atoms with E-state index in [4.69, 9.17) is 9.47 Å². The molecule has 2 rings (SSSR count). The van der Waals surface area contributed by atoms with E-state index in [1.54, 1.807) is 6.07 Å². The van der Waals surface area contributed by atoms with Crippen LogP contribution in [0.4, 0.5) is 0 Å². The summed E-state index contributed by atoms with van der Waals surface area (Å²) in [6, 6.07) is 4.70. The van der Waals surface area contributed by atoms with Gasteiger partial charge in [-0.2, -0.15) is 4.31 Å². The summed E-state index contributed by atoms with van der Waals surface area (Å²) in [6.07, 6.45) is 1.92. The van der Waals surface area contributed by atoms with Crippen LogP contribution in [0, 0.1) is 5.92 Å². The van der Waals surface area contributed by atoms with E-state index in [9.17, 15) is 13.2 Å². The van der Waals surface area contributed by atoms with Crippen molar-refractivity contribution in [1.82, 2.24) is 9.62 Å². The quantitative estimate of drug-likeness (QED) is 0.777. The highest BCUT2D eigenvalue weighted by Crippen LogP contribution is 2.32. The second-order valence-corrected chi connectivity index (χ2v) is 8.45. The highest BCUT2D eigenvalue weighted by Gasteiger charge is 2.32. The molecule has 1 aromatic rings. The molecular weight excluding hydrogens is 356 g/mol. The highest BCUT2D eigenvalue weighted by molar-refractivity contribution is 7.89. The Labute approximate surface area is 155 Å². The monoisotopic (exact) mass is 384 g/mol. The molecule has 1 atom stereocenters. The molecule has 1 amide bonds. The van der Waals surface area contributed by atoms with Crippen molar-refractivity contribution in [1.29, 1.82) is 0 Å². The first-order chi connectivity index (χ1) is 12.3. The third kappa shape index (κ3) is 4.48. The SMILES string of the molecule is CCC(C)NC(=O)C1CCN(S(=O)(=O)c2ccc(OC)c(OC)c2)CC1. The molecule has 1 fully saturated rings. The van der Waals surface area contributed by atoms with Crippen molar-refractivity contribution < 1.29 is 22.7 Å². The Kier molecular flexibility index (Phi) is 6.88. The summed E-state index contributed by atoms with van der Waals surface area (Å²) in [6.45, 7) is 4.64. The minimum atomic E-state index is -3.63. The average molecular weight is 384 g/mol. The van der Waals surface area contributed by atoms with Crippen molar-refractivity contribution in [3.63, 3.8) is 0 Å². The van der Waals surface area contributed by atoms with Crippen LogP contribution in [0.15, 0.2) is 23.1 Å². The second-order valence-electron chi connectivity index (χ2n) is 6.51. The predicted molar refractivity (Wildman–Crippen MR) is 98.9 cm³/mol. The number of carbonyl (C=O) groups excluding carboxylic acids is 1. The smallest absolute Gasteiger partial charge is 0.243 e. The molecule has 1 saturated heterocycles. The summed E-state index contributed by atoms with van der Waals surface area (Å²) in [5, 5.41) is 2.97. The maximum atomic E-state index is 12.9. The first-order valence-electron chi connectivity index (χ1n) is 8.86. The van der Waals surface area contributed by atoms with Gasteiger partial charge in [0, 0.05) is 31.1 Å². The minimum absolute atomic E-state index is 0.0162. The molecule has 7 nitrogen and oxygen atoms in total. The van der Waals surface area contributed by atoms with Gasteiger partial charge >= 0.3 is 0 Å². The molecule has 1 aliphatic heterocycles. The lowest BCUT2D eigenvalue weighted by Crippen LogP contribution is -2.44. The molecule has 0 aromatic heterocycles. The van der Waals surface area contributed by atoms with Gasteiger partial charge in [0.2, 0.25) is 15.9 Å². The van der Waals surface area contributed by atoms with Gasteiger partial charge < -0.3 is 14.8 Å².